The van der Waals surface area contributed by atoms with Crippen LogP contribution in [-0.2, 0) is 0 Å². The van der Waals surface area contributed by atoms with Crippen LogP contribution < -0.4 is 0 Å². The van der Waals surface area contributed by atoms with E-state index >= 15 is 0 Å². The van der Waals surface area contributed by atoms with Crippen molar-refractivity contribution in [3.05, 3.63) is 59.7 Å². The Hall–Kier alpha value is -3.25. The van der Waals surface area contributed by atoms with Crippen molar-refractivity contribution >= 4 is 23.1 Å². The summed E-state index contributed by atoms with van der Waals surface area (Å²) in [5.41, 5.74) is 3.17. The third-order valence-electron chi connectivity index (χ3n) is 5.23. The molecule has 0 saturated carbocycles. The van der Waals surface area contributed by atoms with Gasteiger partial charge >= 0.3 is 0 Å². The maximum Gasteiger partial charge on any atom is 0.253 e. The Balaban J connectivity index is 1.59. The number of aromatic nitrogens is 1. The van der Waals surface area contributed by atoms with Gasteiger partial charge in [-0.15, -0.1) is 0 Å². The minimum Gasteiger partial charge on any atom is -0.507 e. The van der Waals surface area contributed by atoms with Crippen LogP contribution in [0.4, 0.5) is 0 Å². The molecule has 6 nitrogen and oxygen atoms in total. The number of hydrogen-bond acceptors (Lipinski definition) is 5. The fraction of sp³-hybridized carbons (Fsp3) is 0.227. The van der Waals surface area contributed by atoms with Gasteiger partial charge in [-0.3, -0.25) is 9.59 Å². The molecule has 1 N–H and O–H groups in total. The van der Waals surface area contributed by atoms with Gasteiger partial charge in [-0.2, -0.15) is 0 Å². The summed E-state index contributed by atoms with van der Waals surface area (Å²) in [5, 5.41) is 10.4. The fourth-order valence-electron chi connectivity index (χ4n) is 3.48. The van der Waals surface area contributed by atoms with Crippen molar-refractivity contribution in [3.8, 4) is 17.0 Å². The second kappa shape index (κ2) is 7.40. The Morgan fingerprint density at radius 3 is 2.39 bits per heavy atom. The Labute approximate surface area is 163 Å². The Kier molecular flexibility index (Phi) is 4.79. The summed E-state index contributed by atoms with van der Waals surface area (Å²) >= 11 is 0. The molecular formula is C22H21N3O3. The summed E-state index contributed by atoms with van der Waals surface area (Å²) in [4.78, 5) is 32.6. The first-order valence-corrected chi connectivity index (χ1v) is 9.23. The van der Waals surface area contributed by atoms with E-state index in [2.05, 4.69) is 16.9 Å². The lowest BCUT2D eigenvalue weighted by Gasteiger charge is -2.32. The molecule has 0 spiro atoms. The molecule has 6 heteroatoms. The second-order valence-electron chi connectivity index (χ2n) is 7.05. The van der Waals surface area contributed by atoms with Crippen LogP contribution in [0.1, 0.15) is 20.7 Å². The monoisotopic (exact) mass is 375 g/mol. The molecule has 1 fully saturated rings. The molecule has 2 heterocycles. The smallest absolute Gasteiger partial charge is 0.253 e. The van der Waals surface area contributed by atoms with Gasteiger partial charge in [0.15, 0.2) is 6.29 Å². The lowest BCUT2D eigenvalue weighted by Crippen LogP contribution is -2.47. The average molecular weight is 375 g/mol. The highest BCUT2D eigenvalue weighted by Gasteiger charge is 2.20. The second-order valence-corrected chi connectivity index (χ2v) is 7.05. The third-order valence-corrected chi connectivity index (χ3v) is 5.23. The lowest BCUT2D eigenvalue weighted by molar-refractivity contribution is 0.0664. The van der Waals surface area contributed by atoms with Crippen LogP contribution in [-0.4, -0.2) is 65.3 Å². The van der Waals surface area contributed by atoms with E-state index in [-0.39, 0.29) is 17.2 Å². The van der Waals surface area contributed by atoms with Crippen LogP contribution in [0.5, 0.6) is 5.75 Å². The van der Waals surface area contributed by atoms with Crippen LogP contribution in [0.15, 0.2) is 48.5 Å². The first-order chi connectivity index (χ1) is 13.6. The molecule has 0 atom stereocenters. The molecule has 2 aromatic carbocycles. The minimum absolute atomic E-state index is 0.0520. The molecular weight excluding hydrogens is 354 g/mol. The zero-order valence-electron chi connectivity index (χ0n) is 15.6. The topological polar surface area (TPSA) is 73.7 Å². The fourth-order valence-corrected chi connectivity index (χ4v) is 3.48. The van der Waals surface area contributed by atoms with E-state index in [4.69, 9.17) is 0 Å². The maximum atomic E-state index is 12.7. The van der Waals surface area contributed by atoms with Crippen LogP contribution in [0.2, 0.25) is 0 Å². The number of carbonyl (C=O) groups is 2. The molecule has 28 heavy (non-hydrogen) atoms. The van der Waals surface area contributed by atoms with Crippen molar-refractivity contribution in [3.63, 3.8) is 0 Å². The van der Waals surface area contributed by atoms with Gasteiger partial charge in [-0.05, 0) is 43.4 Å². The number of piperazine rings is 1. The van der Waals surface area contributed by atoms with Gasteiger partial charge in [0.05, 0.1) is 16.8 Å². The minimum atomic E-state index is -0.0520. The number of rotatable bonds is 3. The molecule has 0 unspecified atom stereocenters. The van der Waals surface area contributed by atoms with E-state index in [1.807, 2.05) is 35.2 Å². The summed E-state index contributed by atoms with van der Waals surface area (Å²) in [5.74, 6) is 0.000965. The molecule has 1 amide bonds. The summed E-state index contributed by atoms with van der Waals surface area (Å²) < 4.78 is 0. The Bertz CT molecular complexity index is 1040. The van der Waals surface area contributed by atoms with E-state index in [9.17, 15) is 14.7 Å². The number of nitrogens with zero attached hydrogens (tertiary/aromatic N) is 3. The van der Waals surface area contributed by atoms with E-state index in [1.165, 1.54) is 6.07 Å². The molecule has 1 aliphatic heterocycles. The van der Waals surface area contributed by atoms with Gasteiger partial charge in [0, 0.05) is 42.7 Å². The number of amides is 1. The molecule has 142 valence electrons. The average Bonchev–Trinajstić information content (AvgIpc) is 2.73. The van der Waals surface area contributed by atoms with Gasteiger partial charge in [-0.1, -0.05) is 12.1 Å². The molecule has 1 saturated heterocycles. The highest BCUT2D eigenvalue weighted by Crippen LogP contribution is 2.27. The summed E-state index contributed by atoms with van der Waals surface area (Å²) in [6.45, 7) is 3.27. The zero-order chi connectivity index (χ0) is 19.7. The van der Waals surface area contributed by atoms with Crippen molar-refractivity contribution in [2.45, 2.75) is 0 Å². The summed E-state index contributed by atoms with van der Waals surface area (Å²) in [6, 6.07) is 14.2. The number of carbonyl (C=O) groups excluding carboxylic acids is 2. The van der Waals surface area contributed by atoms with Crippen molar-refractivity contribution < 1.29 is 14.7 Å². The van der Waals surface area contributed by atoms with Gasteiger partial charge in [0.25, 0.3) is 5.91 Å². The molecule has 0 radical (unpaired) electrons. The first kappa shape index (κ1) is 18.1. The van der Waals surface area contributed by atoms with Crippen molar-refractivity contribution in [2.24, 2.45) is 0 Å². The van der Waals surface area contributed by atoms with Gasteiger partial charge in [0.1, 0.15) is 5.75 Å². The van der Waals surface area contributed by atoms with Crippen LogP contribution in [0, 0.1) is 0 Å². The third kappa shape index (κ3) is 3.34. The number of phenolic OH excluding ortho intramolecular Hbond substituents is 1. The number of hydrogen-bond donors (Lipinski definition) is 1. The quantitative estimate of drug-likeness (QED) is 0.713. The number of pyridine rings is 1. The van der Waals surface area contributed by atoms with Gasteiger partial charge < -0.3 is 14.9 Å². The van der Waals surface area contributed by atoms with E-state index < -0.39 is 0 Å². The van der Waals surface area contributed by atoms with Crippen molar-refractivity contribution in [1.29, 1.82) is 0 Å². The van der Waals surface area contributed by atoms with Crippen molar-refractivity contribution in [1.82, 2.24) is 14.8 Å². The van der Waals surface area contributed by atoms with Gasteiger partial charge in [-0.25, -0.2) is 4.98 Å². The Morgan fingerprint density at radius 2 is 1.71 bits per heavy atom. The molecule has 1 aliphatic rings. The number of fused-ring (bicyclic) bond motifs is 1. The molecule has 0 bridgehead atoms. The standard InChI is InChI=1S/C22H21N3O3/c1-24-10-12-25(13-11-24)22(28)16-4-2-15(3-5-16)19-7-6-17-18(14-26)21(27)9-8-20(17)23-19/h2-9,14,27H,10-13H2,1H3. The van der Waals surface area contributed by atoms with Crippen LogP contribution in [0.3, 0.4) is 0 Å². The number of benzene rings is 2. The highest BCUT2D eigenvalue weighted by molar-refractivity contribution is 6.00. The predicted octanol–water partition coefficient (Wildman–Crippen LogP) is 2.81. The molecule has 1 aromatic heterocycles. The van der Waals surface area contributed by atoms with Crippen LogP contribution in [0.25, 0.3) is 22.2 Å². The van der Waals surface area contributed by atoms with E-state index in [1.54, 1.807) is 12.1 Å². The maximum absolute atomic E-state index is 12.7. The summed E-state index contributed by atoms with van der Waals surface area (Å²) in [7, 11) is 2.06. The van der Waals surface area contributed by atoms with Gasteiger partial charge in [0.2, 0.25) is 0 Å². The van der Waals surface area contributed by atoms with Crippen LogP contribution >= 0.6 is 0 Å². The Morgan fingerprint density at radius 1 is 1.00 bits per heavy atom. The molecule has 3 aromatic rings. The SMILES string of the molecule is CN1CCN(C(=O)c2ccc(-c3ccc4c(C=O)c(O)ccc4n3)cc2)CC1. The molecule has 0 aliphatic carbocycles. The first-order valence-electron chi connectivity index (χ1n) is 9.23. The lowest BCUT2D eigenvalue weighted by atomic mass is 10.0. The zero-order valence-corrected chi connectivity index (χ0v) is 15.6. The van der Waals surface area contributed by atoms with E-state index in [0.717, 1.165) is 37.4 Å². The van der Waals surface area contributed by atoms with Crippen molar-refractivity contribution in [2.75, 3.05) is 33.2 Å². The number of likely N-dealkylation sites (N-methyl/N-ethyl adjacent to an activating group) is 1. The predicted molar refractivity (Wildman–Crippen MR) is 108 cm³/mol. The number of phenols is 1. The van der Waals surface area contributed by atoms with E-state index in [0.29, 0.717) is 22.8 Å². The normalized spacial score (nSPS) is 15.0. The summed E-state index contributed by atoms with van der Waals surface area (Å²) in [6.07, 6.45) is 0.637. The highest BCUT2D eigenvalue weighted by atomic mass is 16.3. The number of aldehydes is 1. The number of aromatic hydroxyl groups is 1. The molecule has 4 rings (SSSR count). The largest absolute Gasteiger partial charge is 0.507 e.